The molecule has 5 rings (SSSR count). The van der Waals surface area contributed by atoms with Crippen molar-refractivity contribution < 1.29 is 67.6 Å². The van der Waals surface area contributed by atoms with Crippen LogP contribution in [0, 0.1) is 29.1 Å². The van der Waals surface area contributed by atoms with Gasteiger partial charge < -0.3 is 23.7 Å². The lowest BCUT2D eigenvalue weighted by molar-refractivity contribution is -0.275. The molecule has 0 aliphatic carbocycles. The third-order valence-electron chi connectivity index (χ3n) is 7.28. The largest absolute Gasteiger partial charge is 0.573 e. The van der Waals surface area contributed by atoms with Gasteiger partial charge in [-0.2, -0.15) is 8.78 Å². The molecule has 0 bridgehead atoms. The van der Waals surface area contributed by atoms with E-state index < -0.39 is 76.0 Å². The van der Waals surface area contributed by atoms with Crippen LogP contribution in [0.3, 0.4) is 0 Å². The molecule has 1 saturated heterocycles. The molecule has 1 fully saturated rings. The Kier molecular flexibility index (Phi) is 10.7. The van der Waals surface area contributed by atoms with E-state index in [1.165, 1.54) is 18.2 Å². The monoisotopic (exact) mass is 704 g/mol. The van der Waals surface area contributed by atoms with Crippen LogP contribution in [0.1, 0.15) is 37.2 Å². The minimum absolute atomic E-state index is 0.0234. The van der Waals surface area contributed by atoms with Crippen molar-refractivity contribution in [2.75, 3.05) is 19.8 Å². The number of hydrogen-bond donors (Lipinski definition) is 0. The Morgan fingerprint density at radius 1 is 0.673 bits per heavy atom. The maximum Gasteiger partial charge on any atom is 0.573 e. The highest BCUT2D eigenvalue weighted by molar-refractivity contribution is 5.72. The second-order valence-corrected chi connectivity index (χ2v) is 10.9. The Morgan fingerprint density at radius 2 is 1.29 bits per heavy atom. The van der Waals surface area contributed by atoms with Gasteiger partial charge in [0.25, 0.3) is 0 Å². The van der Waals surface area contributed by atoms with Gasteiger partial charge in [-0.3, -0.25) is 0 Å². The Hall–Kier alpha value is -4.34. The summed E-state index contributed by atoms with van der Waals surface area (Å²) in [6.45, 7) is 3.09. The molecule has 0 N–H and O–H groups in total. The maximum atomic E-state index is 15.2. The van der Waals surface area contributed by atoms with Crippen LogP contribution in [0.4, 0.5) is 43.9 Å². The summed E-state index contributed by atoms with van der Waals surface area (Å²) in [4.78, 5) is 0. The Morgan fingerprint density at radius 3 is 1.88 bits per heavy atom. The average molecular weight is 705 g/mol. The quantitative estimate of drug-likeness (QED) is 0.115. The first kappa shape index (κ1) is 36.0. The van der Waals surface area contributed by atoms with Crippen LogP contribution in [-0.2, 0) is 20.3 Å². The minimum atomic E-state index is -5.28. The predicted octanol–water partition coefficient (Wildman–Crippen LogP) is 9.97. The highest BCUT2D eigenvalue weighted by Crippen LogP contribution is 2.39. The Balaban J connectivity index is 1.30. The van der Waals surface area contributed by atoms with E-state index in [-0.39, 0.29) is 36.5 Å². The van der Waals surface area contributed by atoms with E-state index in [9.17, 15) is 35.1 Å². The third kappa shape index (κ3) is 8.64. The summed E-state index contributed by atoms with van der Waals surface area (Å²) in [5.41, 5.74) is -2.46. The molecule has 4 aromatic rings. The van der Waals surface area contributed by atoms with Crippen LogP contribution in [0.25, 0.3) is 22.3 Å². The summed E-state index contributed by atoms with van der Waals surface area (Å²) < 4.78 is 165. The number of alkyl halides is 5. The molecule has 262 valence electrons. The van der Waals surface area contributed by atoms with E-state index in [1.807, 2.05) is 6.92 Å². The van der Waals surface area contributed by atoms with Gasteiger partial charge in [0.15, 0.2) is 17.9 Å². The lowest BCUT2D eigenvalue weighted by Crippen LogP contribution is -2.33. The van der Waals surface area contributed by atoms with E-state index in [4.69, 9.17) is 14.2 Å². The molecule has 0 spiro atoms. The van der Waals surface area contributed by atoms with Crippen LogP contribution in [0.15, 0.2) is 66.7 Å². The standard InChI is InChI=1S/C34H26F10O5/c1-2-3-10-45-22-16-46-32(47-17-22)19-5-8-23(26(36)12-19)18-4-7-24(25(35)11-18)20-13-28(38)31(29(39)14-20)33(40,41)48-21-6-9-30(27(37)15-21)49-34(42,43)44/h4-9,11-15,22,32H,2-3,10,16-17H2,1H3. The van der Waals surface area contributed by atoms with Crippen molar-refractivity contribution in [2.24, 2.45) is 0 Å². The summed E-state index contributed by atoms with van der Waals surface area (Å²) in [6, 6.07) is 8.96. The van der Waals surface area contributed by atoms with Gasteiger partial charge in [0, 0.05) is 29.4 Å². The zero-order valence-corrected chi connectivity index (χ0v) is 25.4. The Bertz CT molecular complexity index is 1770. The Labute approximate surface area is 272 Å². The van der Waals surface area contributed by atoms with Gasteiger partial charge >= 0.3 is 12.5 Å². The first-order chi connectivity index (χ1) is 23.1. The zero-order valence-electron chi connectivity index (χ0n) is 25.4. The van der Waals surface area contributed by atoms with Crippen molar-refractivity contribution in [3.8, 4) is 33.8 Å². The van der Waals surface area contributed by atoms with Crippen molar-refractivity contribution in [3.05, 3.63) is 107 Å². The lowest BCUT2D eigenvalue weighted by Gasteiger charge is -2.29. The summed E-state index contributed by atoms with van der Waals surface area (Å²) in [5, 5.41) is 0. The molecule has 4 aromatic carbocycles. The van der Waals surface area contributed by atoms with Crippen LogP contribution in [0.2, 0.25) is 0 Å². The van der Waals surface area contributed by atoms with Gasteiger partial charge in [-0.15, -0.1) is 13.2 Å². The maximum absolute atomic E-state index is 15.2. The molecule has 0 atom stereocenters. The molecule has 0 radical (unpaired) electrons. The fourth-order valence-corrected chi connectivity index (χ4v) is 4.96. The smallest absolute Gasteiger partial charge is 0.429 e. The second kappa shape index (κ2) is 14.6. The molecule has 1 heterocycles. The van der Waals surface area contributed by atoms with E-state index in [2.05, 4.69) is 9.47 Å². The topological polar surface area (TPSA) is 46.2 Å². The molecule has 0 saturated carbocycles. The van der Waals surface area contributed by atoms with Crippen LogP contribution < -0.4 is 9.47 Å². The van der Waals surface area contributed by atoms with E-state index in [0.29, 0.717) is 36.4 Å². The summed E-state index contributed by atoms with van der Waals surface area (Å²) >= 11 is 0. The molecule has 1 aliphatic rings. The van der Waals surface area contributed by atoms with Gasteiger partial charge in [-0.05, 0) is 53.9 Å². The van der Waals surface area contributed by atoms with E-state index in [1.54, 1.807) is 0 Å². The lowest BCUT2D eigenvalue weighted by atomic mass is 9.97. The van der Waals surface area contributed by atoms with Crippen LogP contribution in [-0.4, -0.2) is 32.3 Å². The highest BCUT2D eigenvalue weighted by Gasteiger charge is 2.42. The van der Waals surface area contributed by atoms with Crippen molar-refractivity contribution in [1.29, 1.82) is 0 Å². The fourth-order valence-electron chi connectivity index (χ4n) is 4.96. The van der Waals surface area contributed by atoms with Crippen LogP contribution >= 0.6 is 0 Å². The van der Waals surface area contributed by atoms with E-state index >= 15 is 8.78 Å². The highest BCUT2D eigenvalue weighted by atomic mass is 19.4. The number of ether oxygens (including phenoxy) is 5. The molecule has 0 amide bonds. The minimum Gasteiger partial charge on any atom is -0.429 e. The number of unbranched alkanes of at least 4 members (excludes halogenated alkanes) is 1. The van der Waals surface area contributed by atoms with Gasteiger partial charge in [0.1, 0.15) is 40.7 Å². The zero-order chi connectivity index (χ0) is 35.5. The van der Waals surface area contributed by atoms with Crippen molar-refractivity contribution in [3.63, 3.8) is 0 Å². The summed E-state index contributed by atoms with van der Waals surface area (Å²) in [5.74, 6) is -9.76. The first-order valence-corrected chi connectivity index (χ1v) is 14.7. The summed E-state index contributed by atoms with van der Waals surface area (Å²) in [6.07, 6.45) is -9.31. The number of benzene rings is 4. The van der Waals surface area contributed by atoms with Crippen molar-refractivity contribution in [1.82, 2.24) is 0 Å². The molecular formula is C34H26F10O5. The third-order valence-corrected chi connectivity index (χ3v) is 7.28. The van der Waals surface area contributed by atoms with Gasteiger partial charge in [-0.1, -0.05) is 37.6 Å². The molecule has 0 aromatic heterocycles. The molecular weight excluding hydrogens is 678 g/mol. The van der Waals surface area contributed by atoms with Gasteiger partial charge in [0.05, 0.1) is 13.2 Å². The van der Waals surface area contributed by atoms with Crippen molar-refractivity contribution >= 4 is 0 Å². The predicted molar refractivity (Wildman–Crippen MR) is 154 cm³/mol. The summed E-state index contributed by atoms with van der Waals surface area (Å²) in [7, 11) is 0. The van der Waals surface area contributed by atoms with E-state index in [0.717, 1.165) is 31.0 Å². The molecule has 5 nitrogen and oxygen atoms in total. The SMILES string of the molecule is CCCCOC1COC(c2ccc(-c3ccc(-c4cc(F)c(C(F)(F)Oc5ccc(OC(F)(F)F)c(F)c5)c(F)c4)c(F)c3)c(F)c2)OC1. The molecule has 1 aliphatic heterocycles. The molecule has 49 heavy (non-hydrogen) atoms. The van der Waals surface area contributed by atoms with Gasteiger partial charge in [-0.25, -0.2) is 22.0 Å². The van der Waals surface area contributed by atoms with Crippen molar-refractivity contribution in [2.45, 2.75) is 44.6 Å². The molecule has 0 unspecified atom stereocenters. The van der Waals surface area contributed by atoms with Gasteiger partial charge in [0.2, 0.25) is 0 Å². The second-order valence-electron chi connectivity index (χ2n) is 10.9. The first-order valence-electron chi connectivity index (χ1n) is 14.7. The number of rotatable bonds is 11. The van der Waals surface area contributed by atoms with Crippen LogP contribution in [0.5, 0.6) is 11.5 Å². The average Bonchev–Trinajstić information content (AvgIpc) is 3.01. The number of halogens is 10. The number of hydrogen-bond acceptors (Lipinski definition) is 5. The normalized spacial score (nSPS) is 16.9. The molecule has 15 heteroatoms. The fraction of sp³-hybridized carbons (Fsp3) is 0.294.